The molecule has 1 fully saturated rings. The highest BCUT2D eigenvalue weighted by Crippen LogP contribution is 2.45. The number of para-hydroxylation sites is 2. The van der Waals surface area contributed by atoms with Gasteiger partial charge in [0, 0.05) is 0 Å². The zero-order valence-corrected chi connectivity index (χ0v) is 22.5. The second-order valence-corrected chi connectivity index (χ2v) is 9.32. The molecule has 1 aliphatic heterocycles. The van der Waals surface area contributed by atoms with Gasteiger partial charge in [-0.25, -0.2) is 4.98 Å². The molecule has 0 aliphatic carbocycles. The minimum absolute atomic E-state index is 0.145. The first kappa shape index (κ1) is 26.1. The number of aliphatic hydroxyl groups is 1. The maximum Gasteiger partial charge on any atom is 0.302 e. The van der Waals surface area contributed by atoms with E-state index in [1.54, 1.807) is 43.3 Å². The van der Waals surface area contributed by atoms with Crippen molar-refractivity contribution in [3.63, 3.8) is 0 Å². The molecule has 0 saturated carbocycles. The van der Waals surface area contributed by atoms with E-state index in [2.05, 4.69) is 9.97 Å². The zero-order valence-electron chi connectivity index (χ0n) is 21.7. The van der Waals surface area contributed by atoms with Crippen LogP contribution >= 0.6 is 11.6 Å². The molecule has 1 unspecified atom stereocenters. The summed E-state index contributed by atoms with van der Waals surface area (Å²) in [7, 11) is 2.93. The van der Waals surface area contributed by atoms with Gasteiger partial charge in [-0.3, -0.25) is 14.5 Å². The lowest BCUT2D eigenvalue weighted by molar-refractivity contribution is -0.132. The van der Waals surface area contributed by atoms with E-state index in [4.69, 9.17) is 25.8 Å². The Bertz CT molecular complexity index is 1610. The molecule has 2 heterocycles. The highest BCUT2D eigenvalue weighted by Gasteiger charge is 2.48. The molecule has 200 valence electrons. The minimum Gasteiger partial charge on any atom is -0.507 e. The Morgan fingerprint density at radius 1 is 1.08 bits per heavy atom. The fourth-order valence-corrected chi connectivity index (χ4v) is 5.16. The number of hydrogen-bond donors (Lipinski definition) is 2. The lowest BCUT2D eigenvalue weighted by atomic mass is 9.94. The molecule has 0 bridgehead atoms. The van der Waals surface area contributed by atoms with Crippen LogP contribution in [0.1, 0.15) is 29.7 Å². The van der Waals surface area contributed by atoms with Gasteiger partial charge in [-0.1, -0.05) is 29.8 Å². The Morgan fingerprint density at radius 2 is 1.85 bits per heavy atom. The molecule has 1 saturated heterocycles. The van der Waals surface area contributed by atoms with E-state index >= 15 is 0 Å². The third-order valence-corrected chi connectivity index (χ3v) is 6.78. The van der Waals surface area contributed by atoms with Gasteiger partial charge in [0.2, 0.25) is 5.95 Å². The van der Waals surface area contributed by atoms with Crippen molar-refractivity contribution in [2.45, 2.75) is 19.9 Å². The van der Waals surface area contributed by atoms with E-state index in [1.165, 1.54) is 19.1 Å². The number of methoxy groups -OCH3 is 2. The van der Waals surface area contributed by atoms with Gasteiger partial charge in [0.15, 0.2) is 11.5 Å². The number of fused-ring (bicyclic) bond motifs is 1. The number of nitrogens with one attached hydrogen (secondary N) is 1. The van der Waals surface area contributed by atoms with E-state index in [9.17, 15) is 14.7 Å². The van der Waals surface area contributed by atoms with Crippen molar-refractivity contribution < 1.29 is 28.9 Å². The first-order chi connectivity index (χ1) is 18.8. The van der Waals surface area contributed by atoms with Crippen LogP contribution in [-0.4, -0.2) is 47.6 Å². The number of aromatic amines is 1. The van der Waals surface area contributed by atoms with Gasteiger partial charge >= 0.3 is 5.91 Å². The summed E-state index contributed by atoms with van der Waals surface area (Å²) < 4.78 is 16.6. The first-order valence-electron chi connectivity index (χ1n) is 12.2. The number of aliphatic hydroxyl groups excluding tert-OH is 1. The molecular weight excluding hydrogens is 522 g/mol. The fraction of sp³-hybridized carbons (Fsp3) is 0.207. The van der Waals surface area contributed by atoms with Crippen LogP contribution in [0.4, 0.5) is 5.95 Å². The van der Waals surface area contributed by atoms with Crippen molar-refractivity contribution in [2.75, 3.05) is 25.7 Å². The lowest BCUT2D eigenvalue weighted by Crippen LogP contribution is -2.30. The largest absolute Gasteiger partial charge is 0.507 e. The number of halogens is 1. The number of carbonyl (C=O) groups is 2. The third kappa shape index (κ3) is 4.44. The van der Waals surface area contributed by atoms with Crippen molar-refractivity contribution in [3.8, 4) is 17.2 Å². The van der Waals surface area contributed by atoms with Gasteiger partial charge in [0.1, 0.15) is 11.5 Å². The molecule has 1 amide bonds. The Balaban J connectivity index is 1.79. The number of rotatable bonds is 7. The Kier molecular flexibility index (Phi) is 6.93. The van der Waals surface area contributed by atoms with Crippen LogP contribution in [0.3, 0.4) is 0 Å². The van der Waals surface area contributed by atoms with Gasteiger partial charge in [0.05, 0.1) is 54.1 Å². The van der Waals surface area contributed by atoms with E-state index < -0.39 is 23.5 Å². The number of amides is 1. The summed E-state index contributed by atoms with van der Waals surface area (Å²) in [5.41, 5.74) is 2.57. The Morgan fingerprint density at radius 3 is 2.54 bits per heavy atom. The molecule has 5 rings (SSSR count). The molecule has 0 radical (unpaired) electrons. The SMILES string of the molecule is CCOc1cc(C2/C(=C(\O)c3cc(C)cc(Cl)c3OC)C(=O)C(=O)N2c2nc3ccccc3[nH]2)ccc1OC. The number of H-pyrrole nitrogens is 1. The molecule has 2 N–H and O–H groups in total. The summed E-state index contributed by atoms with van der Waals surface area (Å²) >= 11 is 6.40. The number of benzene rings is 3. The summed E-state index contributed by atoms with van der Waals surface area (Å²) in [6.45, 7) is 3.99. The van der Waals surface area contributed by atoms with Gasteiger partial charge in [-0.15, -0.1) is 0 Å². The number of ketones is 1. The number of carbonyl (C=O) groups excluding carboxylic acids is 2. The highest BCUT2D eigenvalue weighted by molar-refractivity contribution is 6.51. The average Bonchev–Trinajstić information content (AvgIpc) is 3.46. The molecular formula is C29H26ClN3O6. The number of anilines is 1. The zero-order chi connectivity index (χ0) is 27.8. The standard InChI is InChI=1S/C29H26ClN3O6/c1-5-39-22-14-16(10-11-21(22)37-3)24-23(25(34)17-12-15(2)13-18(30)27(17)38-4)26(35)28(36)33(24)29-31-19-8-6-7-9-20(19)32-29/h6-14,24,34H,5H2,1-4H3,(H,31,32)/b25-23+. The Labute approximate surface area is 229 Å². The smallest absolute Gasteiger partial charge is 0.302 e. The third-order valence-electron chi connectivity index (χ3n) is 6.50. The molecule has 39 heavy (non-hydrogen) atoms. The van der Waals surface area contributed by atoms with Crippen molar-refractivity contribution >= 4 is 46.0 Å². The van der Waals surface area contributed by atoms with Crippen LogP contribution in [0.2, 0.25) is 5.02 Å². The van der Waals surface area contributed by atoms with Crippen molar-refractivity contribution in [1.29, 1.82) is 0 Å². The van der Waals surface area contributed by atoms with Gasteiger partial charge in [-0.2, -0.15) is 0 Å². The van der Waals surface area contributed by atoms with Crippen molar-refractivity contribution in [2.24, 2.45) is 0 Å². The fourth-order valence-electron chi connectivity index (χ4n) is 4.81. The number of nitrogens with zero attached hydrogens (tertiary/aromatic N) is 2. The van der Waals surface area contributed by atoms with Crippen LogP contribution in [-0.2, 0) is 9.59 Å². The van der Waals surface area contributed by atoms with Gasteiger partial charge in [0.25, 0.3) is 5.78 Å². The number of aromatic nitrogens is 2. The first-order valence-corrected chi connectivity index (χ1v) is 12.6. The quantitative estimate of drug-likeness (QED) is 0.177. The minimum atomic E-state index is -1.06. The summed E-state index contributed by atoms with van der Waals surface area (Å²) in [6.07, 6.45) is 0. The van der Waals surface area contributed by atoms with E-state index in [0.29, 0.717) is 34.7 Å². The normalized spacial score (nSPS) is 16.6. The van der Waals surface area contributed by atoms with E-state index in [0.717, 1.165) is 5.56 Å². The maximum absolute atomic E-state index is 13.6. The average molecular weight is 548 g/mol. The molecule has 4 aromatic rings. The van der Waals surface area contributed by atoms with Crippen LogP contribution in [0.25, 0.3) is 16.8 Å². The molecule has 9 nitrogen and oxygen atoms in total. The van der Waals surface area contributed by atoms with Gasteiger partial charge in [-0.05, 0) is 61.4 Å². The second-order valence-electron chi connectivity index (χ2n) is 8.92. The van der Waals surface area contributed by atoms with Crippen LogP contribution in [0.15, 0.2) is 60.2 Å². The number of hydrogen-bond acceptors (Lipinski definition) is 7. The van der Waals surface area contributed by atoms with Crippen LogP contribution in [0.5, 0.6) is 17.2 Å². The topological polar surface area (TPSA) is 114 Å². The molecule has 1 aliphatic rings. The van der Waals surface area contributed by atoms with E-state index in [-0.39, 0.29) is 27.9 Å². The number of aryl methyl sites for hydroxylation is 1. The molecule has 1 aromatic heterocycles. The van der Waals surface area contributed by atoms with Crippen LogP contribution in [0, 0.1) is 6.92 Å². The molecule has 0 spiro atoms. The summed E-state index contributed by atoms with van der Waals surface area (Å²) in [5, 5.41) is 11.9. The summed E-state index contributed by atoms with van der Waals surface area (Å²) in [6, 6.07) is 14.6. The monoisotopic (exact) mass is 547 g/mol. The summed E-state index contributed by atoms with van der Waals surface area (Å²) in [5.74, 6) is -0.924. The van der Waals surface area contributed by atoms with Crippen molar-refractivity contribution in [1.82, 2.24) is 9.97 Å². The van der Waals surface area contributed by atoms with Crippen molar-refractivity contribution in [3.05, 3.63) is 81.9 Å². The highest BCUT2D eigenvalue weighted by atomic mass is 35.5. The van der Waals surface area contributed by atoms with E-state index in [1.807, 2.05) is 25.1 Å². The predicted octanol–water partition coefficient (Wildman–Crippen LogP) is 5.57. The summed E-state index contributed by atoms with van der Waals surface area (Å²) in [4.78, 5) is 36.2. The lowest BCUT2D eigenvalue weighted by Gasteiger charge is -2.24. The Hall–Kier alpha value is -4.50. The molecule has 10 heteroatoms. The number of ether oxygens (including phenoxy) is 3. The maximum atomic E-state index is 13.6. The van der Waals surface area contributed by atoms with Crippen LogP contribution < -0.4 is 19.1 Å². The molecule has 3 aromatic carbocycles. The predicted molar refractivity (Wildman–Crippen MR) is 148 cm³/mol. The van der Waals surface area contributed by atoms with Gasteiger partial charge < -0.3 is 24.3 Å². The number of imidazole rings is 1. The number of Topliss-reactive ketones (excluding diaryl/α,β-unsaturated/α-hetero) is 1. The molecule has 1 atom stereocenters. The second kappa shape index (κ2) is 10.3.